The van der Waals surface area contributed by atoms with E-state index in [-0.39, 0.29) is 5.41 Å². The highest BCUT2D eigenvalue weighted by atomic mass is 16.6. The van der Waals surface area contributed by atoms with Crippen molar-refractivity contribution < 1.29 is 9.47 Å². The van der Waals surface area contributed by atoms with E-state index in [0.29, 0.717) is 13.2 Å². The van der Waals surface area contributed by atoms with Crippen LogP contribution in [0.1, 0.15) is 26.3 Å². The number of hydrogen-bond donors (Lipinski definition) is 1. The zero-order valence-electron chi connectivity index (χ0n) is 16.1. The Kier molecular flexibility index (Phi) is 4.53. The molecule has 0 bridgehead atoms. The van der Waals surface area contributed by atoms with E-state index in [1.807, 2.05) is 24.3 Å². The molecule has 4 rings (SSSR count). The van der Waals surface area contributed by atoms with Gasteiger partial charge in [-0.25, -0.2) is 0 Å². The van der Waals surface area contributed by atoms with E-state index in [1.54, 1.807) is 0 Å². The van der Waals surface area contributed by atoms with Crippen LogP contribution < -0.4 is 14.8 Å². The normalized spacial score (nSPS) is 13.3. The molecule has 0 saturated carbocycles. The van der Waals surface area contributed by atoms with Crippen molar-refractivity contribution in [2.45, 2.75) is 26.2 Å². The summed E-state index contributed by atoms with van der Waals surface area (Å²) in [5.41, 5.74) is 5.74. The van der Waals surface area contributed by atoms with Crippen LogP contribution in [0.5, 0.6) is 11.5 Å². The molecule has 3 heteroatoms. The third-order valence-corrected chi connectivity index (χ3v) is 4.81. The predicted molar refractivity (Wildman–Crippen MR) is 111 cm³/mol. The van der Waals surface area contributed by atoms with Gasteiger partial charge in [-0.3, -0.25) is 0 Å². The quantitative estimate of drug-likeness (QED) is 0.607. The van der Waals surface area contributed by atoms with Gasteiger partial charge >= 0.3 is 0 Å². The molecule has 3 aromatic rings. The smallest absolute Gasteiger partial charge is 0.184 e. The molecule has 0 aliphatic carbocycles. The molecule has 1 heterocycles. The third kappa shape index (κ3) is 3.63. The van der Waals surface area contributed by atoms with Crippen LogP contribution in [-0.4, -0.2) is 13.2 Å². The van der Waals surface area contributed by atoms with Crippen LogP contribution in [0.3, 0.4) is 0 Å². The van der Waals surface area contributed by atoms with Gasteiger partial charge in [0, 0.05) is 11.3 Å². The SMILES string of the molecule is CC(C)(C)c1ccc(Nc2cccc3c2OCCO3)c(-c2ccccc2)c1. The number of para-hydroxylation sites is 1. The second-order valence-corrected chi connectivity index (χ2v) is 7.83. The maximum Gasteiger partial charge on any atom is 0.184 e. The summed E-state index contributed by atoms with van der Waals surface area (Å²) >= 11 is 0. The number of ether oxygens (including phenoxy) is 2. The fourth-order valence-corrected chi connectivity index (χ4v) is 3.29. The molecule has 1 aliphatic rings. The largest absolute Gasteiger partial charge is 0.486 e. The van der Waals surface area contributed by atoms with Crippen molar-refractivity contribution in [2.75, 3.05) is 18.5 Å². The third-order valence-electron chi connectivity index (χ3n) is 4.81. The Hall–Kier alpha value is -2.94. The second-order valence-electron chi connectivity index (χ2n) is 7.83. The molecule has 0 saturated heterocycles. The number of benzene rings is 3. The fraction of sp³-hybridized carbons (Fsp3) is 0.250. The van der Waals surface area contributed by atoms with Crippen LogP contribution >= 0.6 is 0 Å². The van der Waals surface area contributed by atoms with Crippen molar-refractivity contribution in [2.24, 2.45) is 0 Å². The highest BCUT2D eigenvalue weighted by molar-refractivity contribution is 5.83. The van der Waals surface area contributed by atoms with Crippen molar-refractivity contribution >= 4 is 11.4 Å². The molecule has 3 nitrogen and oxygen atoms in total. The van der Waals surface area contributed by atoms with Gasteiger partial charge in [0.05, 0.1) is 5.69 Å². The minimum Gasteiger partial charge on any atom is -0.486 e. The minimum absolute atomic E-state index is 0.0882. The summed E-state index contributed by atoms with van der Waals surface area (Å²) < 4.78 is 11.6. The summed E-state index contributed by atoms with van der Waals surface area (Å²) in [6.45, 7) is 7.88. The molecule has 1 aliphatic heterocycles. The zero-order chi connectivity index (χ0) is 18.9. The van der Waals surface area contributed by atoms with E-state index in [4.69, 9.17) is 9.47 Å². The van der Waals surface area contributed by atoms with Crippen molar-refractivity contribution in [1.29, 1.82) is 0 Å². The van der Waals surface area contributed by atoms with E-state index in [1.165, 1.54) is 16.7 Å². The molecule has 0 atom stereocenters. The van der Waals surface area contributed by atoms with Crippen LogP contribution in [-0.2, 0) is 5.41 Å². The summed E-state index contributed by atoms with van der Waals surface area (Å²) in [5.74, 6) is 1.57. The molecule has 0 amide bonds. The number of nitrogens with one attached hydrogen (secondary N) is 1. The number of anilines is 2. The van der Waals surface area contributed by atoms with Crippen LogP contribution in [0.25, 0.3) is 11.1 Å². The topological polar surface area (TPSA) is 30.5 Å². The van der Waals surface area contributed by atoms with Gasteiger partial charge in [0.15, 0.2) is 11.5 Å². The summed E-state index contributed by atoms with van der Waals surface area (Å²) in [7, 11) is 0. The molecule has 1 N–H and O–H groups in total. The van der Waals surface area contributed by atoms with Crippen molar-refractivity contribution in [3.63, 3.8) is 0 Å². The van der Waals surface area contributed by atoms with Gasteiger partial charge in [-0.2, -0.15) is 0 Å². The first-order valence-corrected chi connectivity index (χ1v) is 9.38. The highest BCUT2D eigenvalue weighted by Crippen LogP contribution is 2.41. The van der Waals surface area contributed by atoms with Gasteiger partial charge in [-0.15, -0.1) is 0 Å². The number of hydrogen-bond acceptors (Lipinski definition) is 3. The Labute approximate surface area is 161 Å². The molecule has 0 spiro atoms. The number of rotatable bonds is 3. The zero-order valence-corrected chi connectivity index (χ0v) is 16.1. The first-order valence-electron chi connectivity index (χ1n) is 9.38. The predicted octanol–water partition coefficient (Wildman–Crippen LogP) is 6.17. The van der Waals surface area contributed by atoms with Gasteiger partial charge in [-0.1, -0.05) is 63.2 Å². The maximum atomic E-state index is 5.86. The van der Waals surface area contributed by atoms with Crippen molar-refractivity contribution in [3.05, 3.63) is 72.3 Å². The monoisotopic (exact) mass is 359 g/mol. The molecule has 0 unspecified atom stereocenters. The van der Waals surface area contributed by atoms with Gasteiger partial charge in [-0.05, 0) is 40.8 Å². The lowest BCUT2D eigenvalue weighted by Crippen LogP contribution is -2.16. The van der Waals surface area contributed by atoms with Crippen molar-refractivity contribution in [1.82, 2.24) is 0 Å². The average molecular weight is 359 g/mol. The first-order chi connectivity index (χ1) is 13.0. The maximum absolute atomic E-state index is 5.86. The molecule has 27 heavy (non-hydrogen) atoms. The minimum atomic E-state index is 0.0882. The second kappa shape index (κ2) is 6.99. The fourth-order valence-electron chi connectivity index (χ4n) is 3.29. The molecule has 0 aromatic heterocycles. The first kappa shape index (κ1) is 17.5. The molecule has 0 fully saturated rings. The summed E-state index contributed by atoms with van der Waals surface area (Å²) in [6, 6.07) is 23.1. The Morgan fingerprint density at radius 3 is 2.33 bits per heavy atom. The standard InChI is InChI=1S/C24H25NO2/c1-24(2,3)18-12-13-20(19(16-18)17-8-5-4-6-9-17)25-21-10-7-11-22-23(21)27-15-14-26-22/h4-13,16,25H,14-15H2,1-3H3. The van der Waals surface area contributed by atoms with Gasteiger partial charge in [0.2, 0.25) is 0 Å². The summed E-state index contributed by atoms with van der Waals surface area (Å²) in [6.07, 6.45) is 0. The van der Waals surface area contributed by atoms with E-state index in [0.717, 1.165) is 22.9 Å². The average Bonchev–Trinajstić information content (AvgIpc) is 2.68. The molecular formula is C24H25NO2. The summed E-state index contributed by atoms with van der Waals surface area (Å²) in [4.78, 5) is 0. The van der Waals surface area contributed by atoms with E-state index >= 15 is 0 Å². The van der Waals surface area contributed by atoms with Gasteiger partial charge in [0.25, 0.3) is 0 Å². The summed E-state index contributed by atoms with van der Waals surface area (Å²) in [5, 5.41) is 3.57. The Balaban J connectivity index is 1.79. The molecular weight excluding hydrogens is 334 g/mol. The lowest BCUT2D eigenvalue weighted by atomic mass is 9.85. The molecule has 0 radical (unpaired) electrons. The Morgan fingerprint density at radius 1 is 0.778 bits per heavy atom. The lowest BCUT2D eigenvalue weighted by Gasteiger charge is -2.24. The highest BCUT2D eigenvalue weighted by Gasteiger charge is 2.19. The van der Waals surface area contributed by atoms with Crippen LogP contribution in [0, 0.1) is 0 Å². The van der Waals surface area contributed by atoms with Crippen LogP contribution in [0.2, 0.25) is 0 Å². The van der Waals surface area contributed by atoms with Gasteiger partial charge < -0.3 is 14.8 Å². The van der Waals surface area contributed by atoms with E-state index in [9.17, 15) is 0 Å². The lowest BCUT2D eigenvalue weighted by molar-refractivity contribution is 0.172. The Bertz CT molecular complexity index is 942. The van der Waals surface area contributed by atoms with E-state index < -0.39 is 0 Å². The van der Waals surface area contributed by atoms with Gasteiger partial charge in [0.1, 0.15) is 13.2 Å². The van der Waals surface area contributed by atoms with Crippen LogP contribution in [0.4, 0.5) is 11.4 Å². The molecule has 3 aromatic carbocycles. The Morgan fingerprint density at radius 2 is 1.56 bits per heavy atom. The van der Waals surface area contributed by atoms with Crippen molar-refractivity contribution in [3.8, 4) is 22.6 Å². The number of fused-ring (bicyclic) bond motifs is 1. The van der Waals surface area contributed by atoms with Crippen LogP contribution in [0.15, 0.2) is 66.7 Å². The molecule has 138 valence electrons. The van der Waals surface area contributed by atoms with E-state index in [2.05, 4.69) is 68.6 Å².